The highest BCUT2D eigenvalue weighted by molar-refractivity contribution is 7.89. The summed E-state index contributed by atoms with van der Waals surface area (Å²) in [5, 5.41) is 6.07. The Morgan fingerprint density at radius 2 is 1.74 bits per heavy atom. The second-order valence-corrected chi connectivity index (χ2v) is 9.89. The number of sulfonamides is 1. The van der Waals surface area contributed by atoms with Crippen molar-refractivity contribution in [2.24, 2.45) is 0 Å². The van der Waals surface area contributed by atoms with Crippen LogP contribution in [0.3, 0.4) is 0 Å². The molecule has 0 saturated carbocycles. The van der Waals surface area contributed by atoms with E-state index < -0.39 is 10.0 Å². The molecule has 168 valence electrons. The van der Waals surface area contributed by atoms with Gasteiger partial charge in [-0.05, 0) is 49.1 Å². The van der Waals surface area contributed by atoms with Crippen LogP contribution >= 0.6 is 0 Å². The van der Waals surface area contributed by atoms with Gasteiger partial charge < -0.3 is 15.5 Å². The number of hydrogen-bond donors (Lipinski definition) is 2. The van der Waals surface area contributed by atoms with Crippen LogP contribution in [0.1, 0.15) is 31.7 Å². The fraction of sp³-hybridized carbons (Fsp3) is 0.435. The number of carbonyl (C=O) groups is 1. The van der Waals surface area contributed by atoms with Crippen molar-refractivity contribution in [3.05, 3.63) is 48.0 Å². The molecule has 2 N–H and O–H groups in total. The maximum Gasteiger partial charge on any atom is 0.243 e. The SMILES string of the molecule is CCc1ccccc1NC(=O)CNc1cc(S(=O)(=O)N2CCCCC2)ccc1N(C)C. The number of hydrogen-bond acceptors (Lipinski definition) is 5. The molecule has 2 aromatic rings. The van der Waals surface area contributed by atoms with Crippen LogP contribution in [-0.4, -0.2) is 52.4 Å². The summed E-state index contributed by atoms with van der Waals surface area (Å²) in [7, 11) is 0.223. The molecule has 0 spiro atoms. The molecule has 0 radical (unpaired) electrons. The van der Waals surface area contributed by atoms with E-state index in [-0.39, 0.29) is 17.3 Å². The van der Waals surface area contributed by atoms with Crippen LogP contribution in [-0.2, 0) is 21.2 Å². The molecule has 1 fully saturated rings. The fourth-order valence-electron chi connectivity index (χ4n) is 3.78. The molecule has 1 heterocycles. The van der Waals surface area contributed by atoms with Gasteiger partial charge in [-0.25, -0.2) is 8.42 Å². The van der Waals surface area contributed by atoms with Crippen LogP contribution in [0.2, 0.25) is 0 Å². The van der Waals surface area contributed by atoms with Crippen molar-refractivity contribution in [3.8, 4) is 0 Å². The zero-order valence-corrected chi connectivity index (χ0v) is 19.3. The topological polar surface area (TPSA) is 81.8 Å². The van der Waals surface area contributed by atoms with E-state index >= 15 is 0 Å². The Labute approximate surface area is 185 Å². The normalized spacial score (nSPS) is 14.8. The van der Waals surface area contributed by atoms with Gasteiger partial charge in [-0.1, -0.05) is 31.5 Å². The number of carbonyl (C=O) groups excluding carboxylic acids is 1. The average molecular weight is 445 g/mol. The first-order chi connectivity index (χ1) is 14.8. The minimum atomic E-state index is -3.55. The summed E-state index contributed by atoms with van der Waals surface area (Å²) >= 11 is 0. The Bertz CT molecular complexity index is 1020. The number of rotatable bonds is 8. The van der Waals surface area contributed by atoms with Crippen molar-refractivity contribution in [1.29, 1.82) is 0 Å². The monoisotopic (exact) mass is 444 g/mol. The molecular weight excluding hydrogens is 412 g/mol. The molecule has 0 aromatic heterocycles. The van der Waals surface area contributed by atoms with Crippen molar-refractivity contribution in [1.82, 2.24) is 4.31 Å². The number of nitrogens with zero attached hydrogens (tertiary/aromatic N) is 2. The summed E-state index contributed by atoms with van der Waals surface area (Å²) in [5.74, 6) is -0.185. The van der Waals surface area contributed by atoms with Gasteiger partial charge in [0.25, 0.3) is 0 Å². The molecule has 7 nitrogen and oxygen atoms in total. The van der Waals surface area contributed by atoms with E-state index in [1.165, 1.54) is 0 Å². The molecule has 31 heavy (non-hydrogen) atoms. The van der Waals surface area contributed by atoms with Gasteiger partial charge in [0.05, 0.1) is 22.8 Å². The lowest BCUT2D eigenvalue weighted by Gasteiger charge is -2.27. The van der Waals surface area contributed by atoms with Crippen LogP contribution in [0.15, 0.2) is 47.4 Å². The Balaban J connectivity index is 1.77. The average Bonchev–Trinajstić information content (AvgIpc) is 2.78. The number of amides is 1. The molecule has 8 heteroatoms. The van der Waals surface area contributed by atoms with Crippen molar-refractivity contribution < 1.29 is 13.2 Å². The lowest BCUT2D eigenvalue weighted by molar-refractivity contribution is -0.114. The summed E-state index contributed by atoms with van der Waals surface area (Å²) in [6.45, 7) is 3.19. The second kappa shape index (κ2) is 10.2. The van der Waals surface area contributed by atoms with Gasteiger partial charge in [-0.2, -0.15) is 4.31 Å². The van der Waals surface area contributed by atoms with E-state index in [1.54, 1.807) is 22.5 Å². The molecule has 1 saturated heterocycles. The highest BCUT2D eigenvalue weighted by atomic mass is 32.2. The first kappa shape index (κ1) is 23.1. The molecule has 2 aromatic carbocycles. The molecule has 1 aliphatic rings. The maximum atomic E-state index is 13.1. The minimum Gasteiger partial charge on any atom is -0.376 e. The fourth-order valence-corrected chi connectivity index (χ4v) is 5.33. The lowest BCUT2D eigenvalue weighted by Crippen LogP contribution is -2.35. The summed E-state index contributed by atoms with van der Waals surface area (Å²) in [5.41, 5.74) is 3.30. The van der Waals surface area contributed by atoms with E-state index in [2.05, 4.69) is 10.6 Å². The summed E-state index contributed by atoms with van der Waals surface area (Å²) in [6.07, 6.45) is 3.67. The first-order valence-corrected chi connectivity index (χ1v) is 12.2. The standard InChI is InChI=1S/C23H32N4O3S/c1-4-18-10-6-7-11-20(18)25-23(28)17-24-21-16-19(12-13-22(21)26(2)3)31(29,30)27-14-8-5-9-15-27/h6-7,10-13,16,24H,4-5,8-9,14-15,17H2,1-3H3,(H,25,28). The molecule has 1 aliphatic heterocycles. The number of piperidine rings is 1. The Morgan fingerprint density at radius 1 is 1.03 bits per heavy atom. The molecule has 0 bridgehead atoms. The van der Waals surface area contributed by atoms with E-state index in [9.17, 15) is 13.2 Å². The highest BCUT2D eigenvalue weighted by Gasteiger charge is 2.26. The van der Waals surface area contributed by atoms with Crippen LogP contribution in [0.5, 0.6) is 0 Å². The van der Waals surface area contributed by atoms with Gasteiger partial charge in [0.2, 0.25) is 15.9 Å². The quantitative estimate of drug-likeness (QED) is 0.651. The van der Waals surface area contributed by atoms with E-state index in [0.29, 0.717) is 18.8 Å². The Hall–Kier alpha value is -2.58. The van der Waals surface area contributed by atoms with Crippen LogP contribution in [0.25, 0.3) is 0 Å². The molecule has 0 unspecified atom stereocenters. The van der Waals surface area contributed by atoms with Gasteiger partial charge in [0, 0.05) is 32.9 Å². The number of aryl methyl sites for hydroxylation is 1. The van der Waals surface area contributed by atoms with Crippen LogP contribution in [0.4, 0.5) is 17.1 Å². The maximum absolute atomic E-state index is 13.1. The van der Waals surface area contributed by atoms with Gasteiger partial charge >= 0.3 is 0 Å². The van der Waals surface area contributed by atoms with Gasteiger partial charge in [-0.15, -0.1) is 0 Å². The molecule has 3 rings (SSSR count). The van der Waals surface area contributed by atoms with Crippen molar-refractivity contribution in [3.63, 3.8) is 0 Å². The Morgan fingerprint density at radius 3 is 2.42 bits per heavy atom. The molecule has 0 aliphatic carbocycles. The zero-order chi connectivity index (χ0) is 22.4. The lowest BCUT2D eigenvalue weighted by atomic mass is 10.1. The predicted octanol–water partition coefficient (Wildman–Crippen LogP) is 3.54. The van der Waals surface area contributed by atoms with E-state index in [0.717, 1.165) is 42.6 Å². The summed E-state index contributed by atoms with van der Waals surface area (Å²) in [4.78, 5) is 14.7. The van der Waals surface area contributed by atoms with Crippen LogP contribution < -0.4 is 15.5 Å². The van der Waals surface area contributed by atoms with Gasteiger partial charge in [0.1, 0.15) is 0 Å². The number of benzene rings is 2. The third-order valence-corrected chi connectivity index (χ3v) is 7.41. The third-order valence-electron chi connectivity index (χ3n) is 5.51. The molecule has 0 atom stereocenters. The van der Waals surface area contributed by atoms with E-state index in [1.807, 2.05) is 50.2 Å². The molecular formula is C23H32N4O3S. The minimum absolute atomic E-state index is 0.0338. The zero-order valence-electron chi connectivity index (χ0n) is 18.5. The third kappa shape index (κ3) is 5.57. The van der Waals surface area contributed by atoms with Crippen LogP contribution in [0, 0.1) is 0 Å². The van der Waals surface area contributed by atoms with Gasteiger partial charge in [0.15, 0.2) is 0 Å². The summed E-state index contributed by atoms with van der Waals surface area (Å²) in [6, 6.07) is 12.8. The van der Waals surface area contributed by atoms with Crippen molar-refractivity contribution in [2.45, 2.75) is 37.5 Å². The smallest absolute Gasteiger partial charge is 0.243 e. The predicted molar refractivity (Wildman–Crippen MR) is 126 cm³/mol. The van der Waals surface area contributed by atoms with Crippen molar-refractivity contribution in [2.75, 3.05) is 49.3 Å². The number of para-hydroxylation sites is 1. The van der Waals surface area contributed by atoms with Crippen molar-refractivity contribution >= 4 is 33.0 Å². The Kier molecular flexibility index (Phi) is 7.56. The number of nitrogens with one attached hydrogen (secondary N) is 2. The van der Waals surface area contributed by atoms with E-state index in [4.69, 9.17) is 0 Å². The highest BCUT2D eigenvalue weighted by Crippen LogP contribution is 2.30. The largest absolute Gasteiger partial charge is 0.376 e. The first-order valence-electron chi connectivity index (χ1n) is 10.8. The second-order valence-electron chi connectivity index (χ2n) is 7.95. The number of anilines is 3. The van der Waals surface area contributed by atoms with Gasteiger partial charge in [-0.3, -0.25) is 4.79 Å². The molecule has 1 amide bonds. The summed E-state index contributed by atoms with van der Waals surface area (Å²) < 4.78 is 27.7.